The zero-order valence-electron chi connectivity index (χ0n) is 19.8. The Hall–Kier alpha value is -1.54. The molecule has 0 heterocycles. The Morgan fingerprint density at radius 1 is 0.733 bits per heavy atom. The molecule has 0 bridgehead atoms. The van der Waals surface area contributed by atoms with Crippen LogP contribution in [0.25, 0.3) is 0 Å². The fourth-order valence-corrected chi connectivity index (χ4v) is 3.70. The Morgan fingerprint density at radius 2 is 1.07 bits per heavy atom. The van der Waals surface area contributed by atoms with Gasteiger partial charge in [0.2, 0.25) is 0 Å². The molecule has 0 aromatic carbocycles. The second-order valence-corrected chi connectivity index (χ2v) is 10.5. The van der Waals surface area contributed by atoms with Gasteiger partial charge < -0.3 is 31.6 Å². The molecule has 0 unspecified atom stereocenters. The second kappa shape index (κ2) is 11.7. The van der Waals surface area contributed by atoms with Crippen molar-refractivity contribution in [3.63, 3.8) is 0 Å². The third-order valence-electron chi connectivity index (χ3n) is 5.25. The van der Waals surface area contributed by atoms with Gasteiger partial charge in [-0.05, 0) is 79.1 Å². The van der Waals surface area contributed by atoms with Crippen molar-refractivity contribution in [2.24, 2.45) is 23.3 Å². The van der Waals surface area contributed by atoms with Crippen LogP contribution in [0.3, 0.4) is 0 Å². The highest BCUT2D eigenvalue weighted by molar-refractivity contribution is 5.68. The van der Waals surface area contributed by atoms with Crippen LogP contribution in [0, 0.1) is 11.8 Å². The minimum absolute atomic E-state index is 0.236. The van der Waals surface area contributed by atoms with E-state index >= 15 is 0 Å². The predicted octanol–water partition coefficient (Wildman–Crippen LogP) is 3.28. The van der Waals surface area contributed by atoms with Gasteiger partial charge in [-0.3, -0.25) is 0 Å². The van der Waals surface area contributed by atoms with E-state index in [0.717, 1.165) is 25.7 Å². The molecule has 8 heteroatoms. The van der Waals surface area contributed by atoms with E-state index in [-0.39, 0.29) is 24.3 Å². The van der Waals surface area contributed by atoms with Gasteiger partial charge in [-0.2, -0.15) is 0 Å². The van der Waals surface area contributed by atoms with Gasteiger partial charge in [0, 0.05) is 25.2 Å². The number of carbonyl (C=O) groups excluding carboxylic acids is 2. The van der Waals surface area contributed by atoms with Gasteiger partial charge in [-0.1, -0.05) is 12.8 Å². The summed E-state index contributed by atoms with van der Waals surface area (Å²) in [5.41, 5.74) is 10.9. The normalized spacial score (nSPS) is 26.4. The highest BCUT2D eigenvalue weighted by atomic mass is 16.6. The van der Waals surface area contributed by atoms with Gasteiger partial charge in [0.15, 0.2) is 0 Å². The number of nitrogens with one attached hydrogen (secondary N) is 2. The minimum Gasteiger partial charge on any atom is -0.444 e. The van der Waals surface area contributed by atoms with Crippen molar-refractivity contribution in [3.05, 3.63) is 0 Å². The van der Waals surface area contributed by atoms with Crippen LogP contribution in [-0.2, 0) is 9.47 Å². The molecule has 8 nitrogen and oxygen atoms in total. The average molecular weight is 429 g/mol. The number of carbonyl (C=O) groups is 2. The van der Waals surface area contributed by atoms with Gasteiger partial charge in [0.05, 0.1) is 0 Å². The molecule has 2 rings (SSSR count). The first-order valence-corrected chi connectivity index (χ1v) is 11.2. The highest BCUT2D eigenvalue weighted by Gasteiger charge is 2.26. The molecule has 0 aromatic heterocycles. The quantitative estimate of drug-likeness (QED) is 0.544. The van der Waals surface area contributed by atoms with Crippen molar-refractivity contribution in [1.82, 2.24) is 10.6 Å². The molecule has 0 aliphatic heterocycles. The molecule has 2 aliphatic rings. The zero-order valence-corrected chi connectivity index (χ0v) is 19.8. The first-order valence-electron chi connectivity index (χ1n) is 11.2. The van der Waals surface area contributed by atoms with Gasteiger partial charge in [-0.25, -0.2) is 9.59 Å². The molecule has 0 aromatic rings. The smallest absolute Gasteiger partial charge is 0.407 e. The molecule has 6 N–H and O–H groups in total. The van der Waals surface area contributed by atoms with Crippen molar-refractivity contribution in [2.45, 2.75) is 103 Å². The summed E-state index contributed by atoms with van der Waals surface area (Å²) in [5, 5.41) is 5.54. The maximum absolute atomic E-state index is 11.3. The first-order chi connectivity index (χ1) is 13.8. The maximum Gasteiger partial charge on any atom is 0.407 e. The van der Waals surface area contributed by atoms with Crippen LogP contribution in [0.5, 0.6) is 0 Å². The largest absolute Gasteiger partial charge is 0.444 e. The molecule has 0 saturated heterocycles. The van der Waals surface area contributed by atoms with E-state index in [1.807, 2.05) is 41.5 Å². The minimum atomic E-state index is -0.429. The van der Waals surface area contributed by atoms with Crippen LogP contribution >= 0.6 is 0 Å². The molecule has 0 spiro atoms. The Balaban J connectivity index is 0.000000300. The molecule has 2 saturated carbocycles. The van der Waals surface area contributed by atoms with E-state index in [1.54, 1.807) is 0 Å². The molecule has 4 atom stereocenters. The summed E-state index contributed by atoms with van der Waals surface area (Å²) < 4.78 is 10.3. The number of hydrogen-bond donors (Lipinski definition) is 4. The molecular weight excluding hydrogens is 384 g/mol. The van der Waals surface area contributed by atoms with Crippen molar-refractivity contribution in [3.8, 4) is 0 Å². The SMILES string of the molecule is CC(C)(C)OC(=O)NC[C@@H]1CCC[C@@H]1N.CC(C)(C)OC(=O)NC[C@H]1CCC[C@H]1N. The second-order valence-electron chi connectivity index (χ2n) is 10.5. The summed E-state index contributed by atoms with van der Waals surface area (Å²) in [6, 6.07) is 0.472. The van der Waals surface area contributed by atoms with Crippen LogP contribution < -0.4 is 22.1 Å². The lowest BCUT2D eigenvalue weighted by Gasteiger charge is -2.21. The summed E-state index contributed by atoms with van der Waals surface area (Å²) in [4.78, 5) is 22.7. The Kier molecular flexibility index (Phi) is 10.4. The summed E-state index contributed by atoms with van der Waals surface area (Å²) in [6.45, 7) is 12.4. The monoisotopic (exact) mass is 428 g/mol. The van der Waals surface area contributed by atoms with Crippen LogP contribution in [0.4, 0.5) is 9.59 Å². The van der Waals surface area contributed by atoms with Crippen LogP contribution in [-0.4, -0.2) is 48.6 Å². The third-order valence-corrected chi connectivity index (χ3v) is 5.25. The summed E-state index contributed by atoms with van der Waals surface area (Å²) in [7, 11) is 0. The lowest BCUT2D eigenvalue weighted by atomic mass is 10.1. The van der Waals surface area contributed by atoms with E-state index in [1.165, 1.54) is 12.8 Å². The molecule has 176 valence electrons. The molecule has 30 heavy (non-hydrogen) atoms. The summed E-state index contributed by atoms with van der Waals surface area (Å²) in [6.07, 6.45) is 6.00. The number of rotatable bonds is 4. The molecular formula is C22H44N4O4. The summed E-state index contributed by atoms with van der Waals surface area (Å²) in [5.74, 6) is 0.829. The fourth-order valence-electron chi connectivity index (χ4n) is 3.70. The Labute approximate surface area is 182 Å². The van der Waals surface area contributed by atoms with Crippen LogP contribution in [0.15, 0.2) is 0 Å². The standard InChI is InChI=1S/2C11H22N2O2/c2*1-11(2,3)15-10(14)13-7-8-5-4-6-9(8)12/h2*8-9H,4-7,12H2,1-3H3,(H,13,14)/t2*8-,9-/m10/s1. The number of nitrogens with two attached hydrogens (primary N) is 2. The lowest BCUT2D eigenvalue weighted by molar-refractivity contribution is 0.0507. The van der Waals surface area contributed by atoms with E-state index in [4.69, 9.17) is 20.9 Å². The van der Waals surface area contributed by atoms with E-state index in [0.29, 0.717) is 24.9 Å². The van der Waals surface area contributed by atoms with E-state index in [2.05, 4.69) is 10.6 Å². The predicted molar refractivity (Wildman–Crippen MR) is 119 cm³/mol. The van der Waals surface area contributed by atoms with Crippen molar-refractivity contribution >= 4 is 12.2 Å². The van der Waals surface area contributed by atoms with E-state index < -0.39 is 11.2 Å². The van der Waals surface area contributed by atoms with Crippen molar-refractivity contribution in [1.29, 1.82) is 0 Å². The van der Waals surface area contributed by atoms with Crippen molar-refractivity contribution < 1.29 is 19.1 Å². The van der Waals surface area contributed by atoms with Gasteiger partial charge >= 0.3 is 12.2 Å². The number of alkyl carbamates (subject to hydrolysis) is 2. The average Bonchev–Trinajstić information content (AvgIpc) is 3.16. The number of hydrogen-bond acceptors (Lipinski definition) is 6. The molecule has 2 aliphatic carbocycles. The molecule has 2 amide bonds. The maximum atomic E-state index is 11.3. The number of ether oxygens (including phenoxy) is 2. The van der Waals surface area contributed by atoms with Gasteiger partial charge in [-0.15, -0.1) is 0 Å². The third kappa shape index (κ3) is 11.6. The zero-order chi connectivity index (χ0) is 22.9. The lowest BCUT2D eigenvalue weighted by Crippen LogP contribution is -2.38. The van der Waals surface area contributed by atoms with Gasteiger partial charge in [0.25, 0.3) is 0 Å². The van der Waals surface area contributed by atoms with Crippen LogP contribution in [0.2, 0.25) is 0 Å². The van der Waals surface area contributed by atoms with Gasteiger partial charge in [0.1, 0.15) is 11.2 Å². The first kappa shape index (κ1) is 26.5. The van der Waals surface area contributed by atoms with Crippen molar-refractivity contribution in [2.75, 3.05) is 13.1 Å². The van der Waals surface area contributed by atoms with E-state index in [9.17, 15) is 9.59 Å². The Bertz CT molecular complexity index is 494. The Morgan fingerprint density at radius 3 is 1.30 bits per heavy atom. The highest BCUT2D eigenvalue weighted by Crippen LogP contribution is 2.23. The summed E-state index contributed by atoms with van der Waals surface area (Å²) >= 11 is 0. The fraction of sp³-hybridized carbons (Fsp3) is 0.909. The number of amides is 2. The molecule has 0 radical (unpaired) electrons. The topological polar surface area (TPSA) is 129 Å². The molecule has 2 fully saturated rings. The van der Waals surface area contributed by atoms with Crippen LogP contribution in [0.1, 0.15) is 80.1 Å².